The molecule has 0 radical (unpaired) electrons. The molecule has 0 unspecified atom stereocenters. The molecule has 0 fully saturated rings. The van der Waals surface area contributed by atoms with Crippen LogP contribution in [0.4, 0.5) is 0 Å². The molecule has 0 spiro atoms. The van der Waals surface area contributed by atoms with Crippen molar-refractivity contribution >= 4 is 33.2 Å². The van der Waals surface area contributed by atoms with E-state index in [4.69, 9.17) is 0 Å². The second-order valence-electron chi connectivity index (χ2n) is 4.68. The zero-order chi connectivity index (χ0) is 13.9. The van der Waals surface area contributed by atoms with E-state index in [0.29, 0.717) is 18.0 Å². The number of rotatable bonds is 5. The van der Waals surface area contributed by atoms with E-state index >= 15 is 0 Å². The summed E-state index contributed by atoms with van der Waals surface area (Å²) in [4.78, 5) is 2.27. The van der Waals surface area contributed by atoms with Crippen LogP contribution in [0.2, 0.25) is 0 Å². The third-order valence-corrected chi connectivity index (χ3v) is 4.41. The standard InChI is InChI=1S/C14H18N2O2S.ClH/c1-16(2)11-10-15-19(17,18)14-9-5-7-12-6-3-4-8-13(12)14;/h3-9,15H,10-11H2,1-2H3;1H. The van der Waals surface area contributed by atoms with Crippen LogP contribution in [0, 0.1) is 0 Å². The smallest absolute Gasteiger partial charge is 0.241 e. The first-order valence-corrected chi connectivity index (χ1v) is 7.61. The quantitative estimate of drug-likeness (QED) is 0.919. The van der Waals surface area contributed by atoms with Crippen LogP contribution < -0.4 is 4.72 Å². The molecule has 0 aliphatic carbocycles. The van der Waals surface area contributed by atoms with Gasteiger partial charge in [0.2, 0.25) is 10.0 Å². The number of benzene rings is 2. The summed E-state index contributed by atoms with van der Waals surface area (Å²) in [5.74, 6) is 0. The maximum atomic E-state index is 12.3. The van der Waals surface area contributed by atoms with Gasteiger partial charge in [-0.25, -0.2) is 13.1 Å². The Kier molecular flexibility index (Phi) is 5.95. The number of hydrogen-bond donors (Lipinski definition) is 1. The summed E-state index contributed by atoms with van der Waals surface area (Å²) < 4.78 is 27.2. The Labute approximate surface area is 126 Å². The lowest BCUT2D eigenvalue weighted by Gasteiger charge is -2.12. The van der Waals surface area contributed by atoms with Gasteiger partial charge < -0.3 is 4.90 Å². The lowest BCUT2D eigenvalue weighted by Crippen LogP contribution is -2.31. The first-order valence-electron chi connectivity index (χ1n) is 6.13. The van der Waals surface area contributed by atoms with Crippen LogP contribution in [0.25, 0.3) is 10.8 Å². The van der Waals surface area contributed by atoms with Crippen molar-refractivity contribution in [3.63, 3.8) is 0 Å². The minimum absolute atomic E-state index is 0. The molecule has 0 amide bonds. The molecule has 20 heavy (non-hydrogen) atoms. The Balaban J connectivity index is 0.00000200. The number of halogens is 1. The van der Waals surface area contributed by atoms with E-state index in [1.807, 2.05) is 49.3 Å². The molecule has 0 bridgehead atoms. The van der Waals surface area contributed by atoms with Gasteiger partial charge in [0.25, 0.3) is 0 Å². The van der Waals surface area contributed by atoms with Gasteiger partial charge in [-0.1, -0.05) is 36.4 Å². The van der Waals surface area contributed by atoms with E-state index in [0.717, 1.165) is 10.8 Å². The van der Waals surface area contributed by atoms with E-state index in [1.54, 1.807) is 12.1 Å². The molecular formula is C14H19ClN2O2S. The average molecular weight is 315 g/mol. The van der Waals surface area contributed by atoms with Crippen molar-refractivity contribution in [1.82, 2.24) is 9.62 Å². The largest absolute Gasteiger partial charge is 0.308 e. The number of hydrogen-bond acceptors (Lipinski definition) is 3. The van der Waals surface area contributed by atoms with Crippen LogP contribution in [0.1, 0.15) is 0 Å². The highest BCUT2D eigenvalue weighted by Gasteiger charge is 2.16. The van der Waals surface area contributed by atoms with Crippen molar-refractivity contribution < 1.29 is 8.42 Å². The predicted octanol–water partition coefficient (Wildman–Crippen LogP) is 2.10. The molecule has 0 atom stereocenters. The zero-order valence-corrected chi connectivity index (χ0v) is 13.2. The first-order chi connectivity index (χ1) is 9.00. The Morgan fingerprint density at radius 2 is 1.70 bits per heavy atom. The van der Waals surface area contributed by atoms with Gasteiger partial charge in [-0.2, -0.15) is 0 Å². The number of nitrogens with zero attached hydrogens (tertiary/aromatic N) is 1. The highest BCUT2D eigenvalue weighted by molar-refractivity contribution is 7.89. The van der Waals surface area contributed by atoms with Crippen molar-refractivity contribution in [2.75, 3.05) is 27.2 Å². The molecule has 0 aliphatic heterocycles. The topological polar surface area (TPSA) is 49.4 Å². The molecule has 6 heteroatoms. The van der Waals surface area contributed by atoms with E-state index in [1.165, 1.54) is 0 Å². The summed E-state index contributed by atoms with van der Waals surface area (Å²) in [6.45, 7) is 1.07. The fourth-order valence-corrected chi connectivity index (χ4v) is 3.16. The highest BCUT2D eigenvalue weighted by atomic mass is 35.5. The second kappa shape index (κ2) is 7.04. The third-order valence-electron chi connectivity index (χ3n) is 2.89. The van der Waals surface area contributed by atoms with Crippen molar-refractivity contribution in [2.24, 2.45) is 0 Å². The lowest BCUT2D eigenvalue weighted by molar-refractivity contribution is 0.412. The maximum Gasteiger partial charge on any atom is 0.241 e. The van der Waals surface area contributed by atoms with Crippen LogP contribution in [-0.4, -0.2) is 40.5 Å². The summed E-state index contributed by atoms with van der Waals surface area (Å²) in [5.41, 5.74) is 0. The lowest BCUT2D eigenvalue weighted by atomic mass is 10.1. The van der Waals surface area contributed by atoms with Crippen molar-refractivity contribution in [1.29, 1.82) is 0 Å². The molecule has 2 aromatic carbocycles. The molecule has 0 aliphatic rings. The van der Waals surface area contributed by atoms with Crippen LogP contribution in [0.3, 0.4) is 0 Å². The van der Waals surface area contributed by atoms with E-state index in [-0.39, 0.29) is 12.4 Å². The van der Waals surface area contributed by atoms with Gasteiger partial charge in [-0.15, -0.1) is 12.4 Å². The summed E-state index contributed by atoms with van der Waals surface area (Å²) in [5, 5.41) is 1.68. The first kappa shape index (κ1) is 16.9. The molecule has 1 N–H and O–H groups in total. The molecule has 0 saturated heterocycles. The monoisotopic (exact) mass is 314 g/mol. The van der Waals surface area contributed by atoms with Gasteiger partial charge in [0.15, 0.2) is 0 Å². The fourth-order valence-electron chi connectivity index (χ4n) is 1.91. The summed E-state index contributed by atoms with van der Waals surface area (Å²) in [6, 6.07) is 12.8. The van der Waals surface area contributed by atoms with Crippen LogP contribution >= 0.6 is 12.4 Å². The number of nitrogens with one attached hydrogen (secondary N) is 1. The van der Waals surface area contributed by atoms with Crippen molar-refractivity contribution in [2.45, 2.75) is 4.90 Å². The molecule has 2 aromatic rings. The van der Waals surface area contributed by atoms with E-state index < -0.39 is 10.0 Å². The third kappa shape index (κ3) is 3.93. The molecular weight excluding hydrogens is 296 g/mol. The number of fused-ring (bicyclic) bond motifs is 1. The Morgan fingerprint density at radius 3 is 2.40 bits per heavy atom. The summed E-state index contributed by atoms with van der Waals surface area (Å²) >= 11 is 0. The zero-order valence-electron chi connectivity index (χ0n) is 11.5. The Hall–Kier alpha value is -1.14. The van der Waals surface area contributed by atoms with Gasteiger partial charge in [-0.05, 0) is 25.5 Å². The van der Waals surface area contributed by atoms with Crippen LogP contribution in [0.5, 0.6) is 0 Å². The van der Waals surface area contributed by atoms with Gasteiger partial charge in [0.1, 0.15) is 0 Å². The SMILES string of the molecule is CN(C)CCNS(=O)(=O)c1cccc2ccccc12.Cl. The summed E-state index contributed by atoms with van der Waals surface area (Å²) in [6.07, 6.45) is 0. The molecule has 4 nitrogen and oxygen atoms in total. The van der Waals surface area contributed by atoms with Crippen molar-refractivity contribution in [3.8, 4) is 0 Å². The number of likely N-dealkylation sites (N-methyl/N-ethyl adjacent to an activating group) is 1. The molecule has 2 rings (SSSR count). The van der Waals surface area contributed by atoms with Gasteiger partial charge in [0.05, 0.1) is 4.90 Å². The minimum Gasteiger partial charge on any atom is -0.308 e. The molecule has 110 valence electrons. The normalized spacial score (nSPS) is 11.6. The molecule has 0 aromatic heterocycles. The van der Waals surface area contributed by atoms with Gasteiger partial charge in [-0.3, -0.25) is 0 Å². The Morgan fingerprint density at radius 1 is 1.05 bits per heavy atom. The number of sulfonamides is 1. The van der Waals surface area contributed by atoms with E-state index in [2.05, 4.69) is 4.72 Å². The molecule has 0 heterocycles. The van der Waals surface area contributed by atoms with Crippen LogP contribution in [-0.2, 0) is 10.0 Å². The predicted molar refractivity (Wildman–Crippen MR) is 84.9 cm³/mol. The average Bonchev–Trinajstić information content (AvgIpc) is 2.37. The van der Waals surface area contributed by atoms with Gasteiger partial charge >= 0.3 is 0 Å². The van der Waals surface area contributed by atoms with Crippen LogP contribution in [0.15, 0.2) is 47.4 Å². The fraction of sp³-hybridized carbons (Fsp3) is 0.286. The van der Waals surface area contributed by atoms with Crippen molar-refractivity contribution in [3.05, 3.63) is 42.5 Å². The van der Waals surface area contributed by atoms with E-state index in [9.17, 15) is 8.42 Å². The second-order valence-corrected chi connectivity index (χ2v) is 6.41. The maximum absolute atomic E-state index is 12.3. The highest BCUT2D eigenvalue weighted by Crippen LogP contribution is 2.22. The minimum atomic E-state index is -3.46. The Bertz CT molecular complexity index is 666. The van der Waals surface area contributed by atoms with Gasteiger partial charge in [0, 0.05) is 18.5 Å². The summed E-state index contributed by atoms with van der Waals surface area (Å²) in [7, 11) is 0.359. The molecule has 0 saturated carbocycles.